The lowest BCUT2D eigenvalue weighted by molar-refractivity contribution is -0.130. The Labute approximate surface area is 214 Å². The summed E-state index contributed by atoms with van der Waals surface area (Å²) in [6, 6.07) is 5.88. The van der Waals surface area contributed by atoms with E-state index in [1.807, 2.05) is 24.3 Å². The first-order chi connectivity index (χ1) is 16.8. The summed E-state index contributed by atoms with van der Waals surface area (Å²) in [5, 5.41) is 0. The van der Waals surface area contributed by atoms with E-state index >= 15 is 0 Å². The molecule has 0 spiro atoms. The monoisotopic (exact) mass is 496 g/mol. The summed E-state index contributed by atoms with van der Waals surface area (Å²) in [6.45, 7) is 5.15. The molecule has 5 atom stereocenters. The number of fused-ring (bicyclic) bond motifs is 5. The summed E-state index contributed by atoms with van der Waals surface area (Å²) in [5.41, 5.74) is 3.14. The Morgan fingerprint density at radius 2 is 1.89 bits per heavy atom. The third-order valence-electron chi connectivity index (χ3n) is 9.67. The highest BCUT2D eigenvalue weighted by Gasteiger charge is 2.60. The van der Waals surface area contributed by atoms with Gasteiger partial charge in [0.2, 0.25) is 0 Å². The van der Waals surface area contributed by atoms with E-state index < -0.39 is 0 Å². The summed E-state index contributed by atoms with van der Waals surface area (Å²) in [6.07, 6.45) is 11.4. The number of halogens is 1. The summed E-state index contributed by atoms with van der Waals surface area (Å²) in [7, 11) is 1.64. The summed E-state index contributed by atoms with van der Waals surface area (Å²) in [5.74, 6) is 4.07. The van der Waals surface area contributed by atoms with E-state index in [0.717, 1.165) is 56.1 Å². The maximum absolute atomic E-state index is 13.7. The Balaban J connectivity index is 1.40. The van der Waals surface area contributed by atoms with Crippen molar-refractivity contribution in [2.45, 2.75) is 65.2 Å². The molecule has 0 radical (unpaired) electrons. The van der Waals surface area contributed by atoms with Crippen molar-refractivity contribution in [3.05, 3.63) is 41.0 Å². The van der Waals surface area contributed by atoms with Gasteiger partial charge in [0.05, 0.1) is 13.7 Å². The number of carbonyl (C=O) groups excluding carboxylic acids is 2. The number of benzene rings is 1. The number of alkyl halides is 1. The molecule has 4 aliphatic rings. The predicted molar refractivity (Wildman–Crippen MR) is 139 cm³/mol. The molecule has 0 aromatic heterocycles. The van der Waals surface area contributed by atoms with Crippen molar-refractivity contribution >= 4 is 29.2 Å². The first kappa shape index (κ1) is 24.6. The maximum Gasteiger partial charge on any atom is 0.165 e. The number of hydrogen-bond donors (Lipinski definition) is 0. The Kier molecular flexibility index (Phi) is 6.63. The fraction of sp³-hybridized carbons (Fsp3) is 0.600. The molecule has 3 saturated carbocycles. The topological polar surface area (TPSA) is 52.6 Å². The minimum atomic E-state index is -0.274. The molecule has 0 aliphatic heterocycles. The van der Waals surface area contributed by atoms with Crippen LogP contribution in [0.5, 0.6) is 11.5 Å². The van der Waals surface area contributed by atoms with Crippen LogP contribution >= 0.6 is 11.6 Å². The number of allylic oxidation sites excluding steroid dienone is 2. The van der Waals surface area contributed by atoms with E-state index in [4.69, 9.17) is 21.1 Å². The lowest BCUT2D eigenvalue weighted by Crippen LogP contribution is -2.50. The van der Waals surface area contributed by atoms with Crippen molar-refractivity contribution in [2.75, 3.05) is 19.6 Å². The zero-order valence-corrected chi connectivity index (χ0v) is 22.0. The van der Waals surface area contributed by atoms with Crippen molar-refractivity contribution in [1.82, 2.24) is 0 Å². The van der Waals surface area contributed by atoms with E-state index in [0.29, 0.717) is 59.7 Å². The van der Waals surface area contributed by atoms with Gasteiger partial charge in [-0.1, -0.05) is 25.5 Å². The molecule has 0 unspecified atom stereocenters. The van der Waals surface area contributed by atoms with Crippen LogP contribution in [-0.2, 0) is 9.59 Å². The summed E-state index contributed by atoms with van der Waals surface area (Å²) < 4.78 is 11.4. The van der Waals surface area contributed by atoms with Gasteiger partial charge in [-0.05, 0) is 104 Å². The fourth-order valence-corrected chi connectivity index (χ4v) is 7.80. The van der Waals surface area contributed by atoms with Gasteiger partial charge in [0, 0.05) is 17.7 Å². The van der Waals surface area contributed by atoms with Crippen LogP contribution in [0.3, 0.4) is 0 Å². The second-order valence-electron chi connectivity index (χ2n) is 11.4. The number of ketones is 2. The van der Waals surface area contributed by atoms with E-state index in [1.54, 1.807) is 7.11 Å². The summed E-state index contributed by atoms with van der Waals surface area (Å²) >= 11 is 5.76. The van der Waals surface area contributed by atoms with E-state index in [-0.39, 0.29) is 10.8 Å². The molecule has 0 N–H and O–H groups in total. The lowest BCUT2D eigenvalue weighted by Gasteiger charge is -2.56. The second kappa shape index (κ2) is 9.42. The van der Waals surface area contributed by atoms with Gasteiger partial charge in [-0.15, -0.1) is 11.6 Å². The number of hydrogen-bond acceptors (Lipinski definition) is 4. The SMILES string of the molecule is COc1cc(/C=C2/C[C@H]3[C@@H]4CCC5=CC(=O)CC[C@]5(C)[C@H]4CC[C@]3(C)C2=O)ccc1OCCCCl. The van der Waals surface area contributed by atoms with Crippen molar-refractivity contribution in [3.63, 3.8) is 0 Å². The molecule has 1 aromatic carbocycles. The molecule has 0 saturated heterocycles. The molecule has 0 bridgehead atoms. The highest BCUT2D eigenvalue weighted by Crippen LogP contribution is 2.65. The first-order valence-electron chi connectivity index (χ1n) is 13.2. The lowest BCUT2D eigenvalue weighted by atomic mass is 9.47. The predicted octanol–water partition coefficient (Wildman–Crippen LogP) is 6.80. The van der Waals surface area contributed by atoms with Gasteiger partial charge in [-0.2, -0.15) is 0 Å². The third-order valence-corrected chi connectivity index (χ3v) is 9.93. The zero-order valence-electron chi connectivity index (χ0n) is 21.2. The van der Waals surface area contributed by atoms with Gasteiger partial charge in [-0.25, -0.2) is 0 Å². The number of ether oxygens (including phenoxy) is 2. The zero-order chi connectivity index (χ0) is 24.8. The molecular weight excluding hydrogens is 460 g/mol. The number of rotatable bonds is 6. The highest BCUT2D eigenvalue weighted by molar-refractivity contribution is 6.17. The maximum atomic E-state index is 13.7. The minimum absolute atomic E-state index is 0.125. The molecule has 0 heterocycles. The van der Waals surface area contributed by atoms with Crippen molar-refractivity contribution in [3.8, 4) is 11.5 Å². The molecule has 4 aliphatic carbocycles. The molecule has 3 fully saturated rings. The van der Waals surface area contributed by atoms with Gasteiger partial charge < -0.3 is 9.47 Å². The highest BCUT2D eigenvalue weighted by atomic mass is 35.5. The number of carbonyl (C=O) groups is 2. The normalized spacial score (nSPS) is 35.3. The molecule has 35 heavy (non-hydrogen) atoms. The molecule has 1 aromatic rings. The van der Waals surface area contributed by atoms with Crippen LogP contribution in [-0.4, -0.2) is 31.2 Å². The first-order valence-corrected chi connectivity index (χ1v) is 13.7. The quantitative estimate of drug-likeness (QED) is 0.247. The summed E-state index contributed by atoms with van der Waals surface area (Å²) in [4.78, 5) is 25.8. The third kappa shape index (κ3) is 4.16. The van der Waals surface area contributed by atoms with Crippen LogP contribution in [0, 0.1) is 28.6 Å². The van der Waals surface area contributed by atoms with Crippen molar-refractivity contribution < 1.29 is 19.1 Å². The van der Waals surface area contributed by atoms with Gasteiger partial charge in [0.25, 0.3) is 0 Å². The number of Topliss-reactive ketones (excluding diaryl/α,β-unsaturated/α-hetero) is 1. The van der Waals surface area contributed by atoms with Crippen molar-refractivity contribution in [1.29, 1.82) is 0 Å². The Bertz CT molecular complexity index is 1090. The Hall–Kier alpha value is -2.07. The van der Waals surface area contributed by atoms with E-state index in [2.05, 4.69) is 19.9 Å². The Morgan fingerprint density at radius 3 is 2.66 bits per heavy atom. The molecule has 5 heteroatoms. The number of methoxy groups -OCH3 is 1. The van der Waals surface area contributed by atoms with Crippen LogP contribution < -0.4 is 9.47 Å². The Morgan fingerprint density at radius 1 is 1.06 bits per heavy atom. The van der Waals surface area contributed by atoms with Crippen LogP contribution in [0.4, 0.5) is 0 Å². The van der Waals surface area contributed by atoms with Crippen LogP contribution in [0.15, 0.2) is 35.4 Å². The molecule has 5 rings (SSSR count). The van der Waals surface area contributed by atoms with Gasteiger partial charge in [-0.3, -0.25) is 9.59 Å². The average Bonchev–Trinajstić information content (AvgIpc) is 3.10. The average molecular weight is 497 g/mol. The molecule has 0 amide bonds. The van der Waals surface area contributed by atoms with E-state index in [1.165, 1.54) is 5.57 Å². The largest absolute Gasteiger partial charge is 0.493 e. The molecule has 4 nitrogen and oxygen atoms in total. The van der Waals surface area contributed by atoms with Crippen LogP contribution in [0.2, 0.25) is 0 Å². The second-order valence-corrected chi connectivity index (χ2v) is 11.8. The van der Waals surface area contributed by atoms with Gasteiger partial charge in [0.15, 0.2) is 23.1 Å². The van der Waals surface area contributed by atoms with Gasteiger partial charge in [0.1, 0.15) is 0 Å². The van der Waals surface area contributed by atoms with Crippen LogP contribution in [0.1, 0.15) is 70.8 Å². The van der Waals surface area contributed by atoms with Gasteiger partial charge >= 0.3 is 0 Å². The standard InChI is InChI=1S/C30H37ClO4/c1-29-11-9-22(32)18-21(29)6-7-23-24(29)10-12-30(2)25(23)17-20(28(30)33)15-19-5-8-26(27(16-19)34-3)35-14-4-13-31/h5,8,15-16,18,23-25H,4,6-7,9-14,17H2,1-3H3/b20-15-/t23-,24+,25+,29+,30+/m1/s1. The van der Waals surface area contributed by atoms with Crippen LogP contribution in [0.25, 0.3) is 6.08 Å². The molecule has 188 valence electrons. The van der Waals surface area contributed by atoms with E-state index in [9.17, 15) is 9.59 Å². The smallest absolute Gasteiger partial charge is 0.165 e. The fourth-order valence-electron chi connectivity index (χ4n) is 7.69. The molecular formula is C30H37ClO4. The minimum Gasteiger partial charge on any atom is -0.493 e. The van der Waals surface area contributed by atoms with Crippen molar-refractivity contribution in [2.24, 2.45) is 28.6 Å².